The predicted octanol–water partition coefficient (Wildman–Crippen LogP) is 2.89. The summed E-state index contributed by atoms with van der Waals surface area (Å²) >= 11 is 0. The third-order valence-corrected chi connectivity index (χ3v) is 3.83. The summed E-state index contributed by atoms with van der Waals surface area (Å²) < 4.78 is 5.58. The Morgan fingerprint density at radius 3 is 2.95 bits per heavy atom. The maximum Gasteiger partial charge on any atom is 0.0604 e. The second kappa shape index (κ2) is 5.68. The smallest absolute Gasteiger partial charge is 0.0604 e. The number of rotatable bonds is 5. The molecule has 3 nitrogen and oxygen atoms in total. The van der Waals surface area contributed by atoms with E-state index in [2.05, 4.69) is 41.5 Å². The molecule has 2 aromatic rings. The molecule has 1 aliphatic rings. The molecule has 3 rings (SSSR count). The molecule has 0 amide bonds. The van der Waals surface area contributed by atoms with Gasteiger partial charge < -0.3 is 10.1 Å². The molecule has 0 bridgehead atoms. The van der Waals surface area contributed by atoms with Crippen LogP contribution in [0.5, 0.6) is 0 Å². The fourth-order valence-electron chi connectivity index (χ4n) is 2.68. The van der Waals surface area contributed by atoms with E-state index in [0.717, 1.165) is 26.0 Å². The highest BCUT2D eigenvalue weighted by atomic mass is 16.5. The molecule has 0 saturated heterocycles. The van der Waals surface area contributed by atoms with Gasteiger partial charge in [0.15, 0.2) is 0 Å². The standard InChI is InChI=1S/C16H20N2O/c1-2-19-15-7-14(8-15)18-11-13-10-17-9-12-5-3-4-6-16(12)13/h3-6,9-10,14-15,18H,2,7-8,11H2,1H3. The Hall–Kier alpha value is -1.45. The van der Waals surface area contributed by atoms with Crippen molar-refractivity contribution < 1.29 is 4.74 Å². The number of fused-ring (bicyclic) bond motifs is 1. The van der Waals surface area contributed by atoms with E-state index in [1.165, 1.54) is 16.3 Å². The summed E-state index contributed by atoms with van der Waals surface area (Å²) in [4.78, 5) is 4.31. The summed E-state index contributed by atoms with van der Waals surface area (Å²) in [6, 6.07) is 9.01. The van der Waals surface area contributed by atoms with Crippen molar-refractivity contribution in [1.82, 2.24) is 10.3 Å². The number of nitrogens with one attached hydrogen (secondary N) is 1. The van der Waals surface area contributed by atoms with Crippen molar-refractivity contribution in [3.05, 3.63) is 42.2 Å². The summed E-state index contributed by atoms with van der Waals surface area (Å²) in [6.45, 7) is 3.77. The SMILES string of the molecule is CCOC1CC(NCc2cncc3ccccc23)C1. The first kappa shape index (κ1) is 12.6. The lowest BCUT2D eigenvalue weighted by Crippen LogP contribution is -2.45. The Kier molecular flexibility index (Phi) is 3.76. The van der Waals surface area contributed by atoms with E-state index >= 15 is 0 Å². The van der Waals surface area contributed by atoms with Gasteiger partial charge in [0.05, 0.1) is 6.10 Å². The van der Waals surface area contributed by atoms with Crippen LogP contribution in [0.4, 0.5) is 0 Å². The van der Waals surface area contributed by atoms with Gasteiger partial charge in [-0.2, -0.15) is 0 Å². The van der Waals surface area contributed by atoms with E-state index in [0.29, 0.717) is 12.1 Å². The van der Waals surface area contributed by atoms with Gasteiger partial charge in [-0.1, -0.05) is 24.3 Å². The van der Waals surface area contributed by atoms with Crippen molar-refractivity contribution in [3.63, 3.8) is 0 Å². The normalized spacial score (nSPS) is 22.4. The van der Waals surface area contributed by atoms with Crippen LogP contribution < -0.4 is 5.32 Å². The minimum Gasteiger partial charge on any atom is -0.378 e. The van der Waals surface area contributed by atoms with E-state index in [9.17, 15) is 0 Å². The van der Waals surface area contributed by atoms with Crippen LogP contribution in [0.1, 0.15) is 25.3 Å². The zero-order valence-corrected chi connectivity index (χ0v) is 11.3. The number of ether oxygens (including phenoxy) is 1. The quantitative estimate of drug-likeness (QED) is 0.893. The van der Waals surface area contributed by atoms with Crippen molar-refractivity contribution in [2.45, 2.75) is 38.5 Å². The second-order valence-electron chi connectivity index (χ2n) is 5.15. The van der Waals surface area contributed by atoms with Crippen LogP contribution in [-0.4, -0.2) is 23.7 Å². The molecule has 19 heavy (non-hydrogen) atoms. The van der Waals surface area contributed by atoms with Gasteiger partial charge in [-0.25, -0.2) is 0 Å². The minimum absolute atomic E-state index is 0.466. The monoisotopic (exact) mass is 256 g/mol. The molecule has 1 N–H and O–H groups in total. The highest BCUT2D eigenvalue weighted by molar-refractivity contribution is 5.84. The Bertz CT molecular complexity index is 544. The summed E-state index contributed by atoms with van der Waals surface area (Å²) in [5.41, 5.74) is 1.28. The van der Waals surface area contributed by atoms with E-state index < -0.39 is 0 Å². The zero-order chi connectivity index (χ0) is 13.1. The maximum atomic E-state index is 5.58. The first-order chi connectivity index (χ1) is 9.36. The van der Waals surface area contributed by atoms with Crippen molar-refractivity contribution >= 4 is 10.8 Å². The van der Waals surface area contributed by atoms with Gasteiger partial charge in [0, 0.05) is 37.0 Å². The molecule has 1 aliphatic carbocycles. The fraction of sp³-hybridized carbons (Fsp3) is 0.438. The lowest BCUT2D eigenvalue weighted by Gasteiger charge is -2.35. The molecule has 0 aliphatic heterocycles. The van der Waals surface area contributed by atoms with Crippen LogP contribution in [0.2, 0.25) is 0 Å². The molecule has 1 heterocycles. The first-order valence-corrected chi connectivity index (χ1v) is 7.03. The Labute approximate surface area is 114 Å². The van der Waals surface area contributed by atoms with Crippen molar-refractivity contribution in [2.75, 3.05) is 6.61 Å². The average Bonchev–Trinajstić information content (AvgIpc) is 2.41. The third-order valence-electron chi connectivity index (χ3n) is 3.83. The molecular weight excluding hydrogens is 236 g/mol. The van der Waals surface area contributed by atoms with E-state index in [1.807, 2.05) is 12.4 Å². The van der Waals surface area contributed by atoms with Crippen LogP contribution in [0, 0.1) is 0 Å². The number of nitrogens with zero attached hydrogens (tertiary/aromatic N) is 1. The summed E-state index contributed by atoms with van der Waals surface area (Å²) in [7, 11) is 0. The fourth-order valence-corrected chi connectivity index (χ4v) is 2.68. The molecular formula is C16H20N2O. The van der Waals surface area contributed by atoms with Gasteiger partial charge in [-0.3, -0.25) is 4.98 Å². The lowest BCUT2D eigenvalue weighted by atomic mass is 9.89. The van der Waals surface area contributed by atoms with Crippen LogP contribution in [0.15, 0.2) is 36.7 Å². The van der Waals surface area contributed by atoms with Crippen molar-refractivity contribution in [2.24, 2.45) is 0 Å². The zero-order valence-electron chi connectivity index (χ0n) is 11.3. The number of aromatic nitrogens is 1. The molecule has 1 saturated carbocycles. The van der Waals surface area contributed by atoms with Crippen molar-refractivity contribution in [1.29, 1.82) is 0 Å². The largest absolute Gasteiger partial charge is 0.378 e. The molecule has 100 valence electrons. The Balaban J connectivity index is 1.60. The van der Waals surface area contributed by atoms with Crippen LogP contribution >= 0.6 is 0 Å². The molecule has 0 unspecified atom stereocenters. The van der Waals surface area contributed by atoms with Crippen LogP contribution in [0.25, 0.3) is 10.8 Å². The van der Waals surface area contributed by atoms with Gasteiger partial charge in [-0.15, -0.1) is 0 Å². The van der Waals surface area contributed by atoms with Crippen molar-refractivity contribution in [3.8, 4) is 0 Å². The van der Waals surface area contributed by atoms with Crippen LogP contribution in [0.3, 0.4) is 0 Å². The van der Waals surface area contributed by atoms with Gasteiger partial charge >= 0.3 is 0 Å². The van der Waals surface area contributed by atoms with Gasteiger partial charge in [-0.05, 0) is 30.7 Å². The number of hydrogen-bond acceptors (Lipinski definition) is 3. The van der Waals surface area contributed by atoms with E-state index in [-0.39, 0.29) is 0 Å². The van der Waals surface area contributed by atoms with Gasteiger partial charge in [0.1, 0.15) is 0 Å². The highest BCUT2D eigenvalue weighted by Gasteiger charge is 2.28. The Morgan fingerprint density at radius 1 is 1.26 bits per heavy atom. The molecule has 3 heteroatoms. The van der Waals surface area contributed by atoms with Gasteiger partial charge in [0.25, 0.3) is 0 Å². The first-order valence-electron chi connectivity index (χ1n) is 7.03. The molecule has 0 radical (unpaired) electrons. The third kappa shape index (κ3) is 2.77. The number of hydrogen-bond donors (Lipinski definition) is 1. The molecule has 0 atom stereocenters. The number of benzene rings is 1. The van der Waals surface area contributed by atoms with E-state index in [4.69, 9.17) is 4.74 Å². The highest BCUT2D eigenvalue weighted by Crippen LogP contribution is 2.24. The predicted molar refractivity (Wildman–Crippen MR) is 77.0 cm³/mol. The maximum absolute atomic E-state index is 5.58. The Morgan fingerprint density at radius 2 is 2.11 bits per heavy atom. The minimum atomic E-state index is 0.466. The van der Waals surface area contributed by atoms with Crippen LogP contribution in [-0.2, 0) is 11.3 Å². The molecule has 1 aromatic heterocycles. The summed E-state index contributed by atoms with van der Waals surface area (Å²) in [6.07, 6.45) is 6.62. The lowest BCUT2D eigenvalue weighted by molar-refractivity contribution is -0.0102. The topological polar surface area (TPSA) is 34.1 Å². The second-order valence-corrected chi connectivity index (χ2v) is 5.15. The van der Waals surface area contributed by atoms with E-state index in [1.54, 1.807) is 0 Å². The van der Waals surface area contributed by atoms with Gasteiger partial charge in [0.2, 0.25) is 0 Å². The summed E-state index contributed by atoms with van der Waals surface area (Å²) in [5, 5.41) is 6.10. The molecule has 0 spiro atoms. The summed E-state index contributed by atoms with van der Waals surface area (Å²) in [5.74, 6) is 0. The molecule has 1 aromatic carbocycles. The number of pyridine rings is 1. The molecule has 1 fully saturated rings. The average molecular weight is 256 g/mol.